The van der Waals surface area contributed by atoms with Gasteiger partial charge in [-0.2, -0.15) is 0 Å². The first-order valence-corrected chi connectivity index (χ1v) is 10.9. The average molecular weight is 383 g/mol. The van der Waals surface area contributed by atoms with Crippen molar-refractivity contribution in [2.45, 2.75) is 77.8 Å². The second-order valence-corrected chi connectivity index (χ2v) is 10.6. The average Bonchev–Trinajstić information content (AvgIpc) is 2.99. The highest BCUT2D eigenvalue weighted by atomic mass is 16.2. The van der Waals surface area contributed by atoms with Crippen LogP contribution in [0.1, 0.15) is 66.2 Å². The fourth-order valence-electron chi connectivity index (χ4n) is 7.20. The highest BCUT2D eigenvalue weighted by Crippen LogP contribution is 2.65. The molecule has 1 aliphatic heterocycles. The molecule has 0 aromatic rings. The maximum atomic E-state index is 13.1. The molecule has 3 fully saturated rings. The number of hydrogen-bond acceptors (Lipinski definition) is 2. The number of carbonyl (C=O) groups is 2. The molecular formula is C24H34N2O2. The van der Waals surface area contributed by atoms with E-state index in [2.05, 4.69) is 36.5 Å². The molecule has 3 saturated carbocycles. The Morgan fingerprint density at radius 3 is 2.68 bits per heavy atom. The van der Waals surface area contributed by atoms with Gasteiger partial charge in [-0.15, -0.1) is 6.42 Å². The number of amides is 2. The number of carbonyl (C=O) groups excluding carboxylic acids is 2. The number of hydrogen-bond donors (Lipinski definition) is 2. The van der Waals surface area contributed by atoms with Crippen LogP contribution in [-0.2, 0) is 9.59 Å². The van der Waals surface area contributed by atoms with Gasteiger partial charge in [-0.1, -0.05) is 25.8 Å². The van der Waals surface area contributed by atoms with Gasteiger partial charge in [0, 0.05) is 17.4 Å². The Morgan fingerprint density at radius 2 is 1.96 bits per heavy atom. The van der Waals surface area contributed by atoms with E-state index in [4.69, 9.17) is 6.42 Å². The Kier molecular flexibility index (Phi) is 4.45. The van der Waals surface area contributed by atoms with Crippen LogP contribution in [-0.4, -0.2) is 23.4 Å². The molecule has 7 atom stereocenters. The number of nitrogens with one attached hydrogen (secondary N) is 2. The summed E-state index contributed by atoms with van der Waals surface area (Å²) < 4.78 is 0. The lowest BCUT2D eigenvalue weighted by Gasteiger charge is -2.58. The van der Waals surface area contributed by atoms with Crippen molar-refractivity contribution in [3.63, 3.8) is 0 Å². The quantitative estimate of drug-likeness (QED) is 0.719. The van der Waals surface area contributed by atoms with Gasteiger partial charge in [0.25, 0.3) is 0 Å². The SMILES string of the molecule is C#CC(C)(C)NC(=O)C1CC[C@H]2[C@@H]3CCC4NC(=O)C=C[C@]4(C)[C@@H]3CC[C@]12C. The standard InChI is InChI=1S/C24H34N2O2/c1-6-22(2,3)26-21(28)18-9-8-16-15-7-10-19-24(5,14-12-20(27)25-19)17(15)11-13-23(16,18)4/h1,12,14-19H,7-11,13H2,2-5H3,(H,25,27)(H,26,28)/t15-,16-,17+,18?,19?,23-,24+/m0/s1. The molecule has 0 aromatic carbocycles. The number of rotatable bonds is 2. The van der Waals surface area contributed by atoms with Crippen molar-refractivity contribution in [2.24, 2.45) is 34.5 Å². The van der Waals surface area contributed by atoms with Crippen LogP contribution in [0.2, 0.25) is 0 Å². The Balaban J connectivity index is 1.57. The summed E-state index contributed by atoms with van der Waals surface area (Å²) >= 11 is 0. The van der Waals surface area contributed by atoms with Gasteiger partial charge in [-0.25, -0.2) is 0 Å². The number of fused-ring (bicyclic) bond motifs is 5. The molecule has 4 aliphatic rings. The molecular weight excluding hydrogens is 348 g/mol. The second-order valence-electron chi connectivity index (χ2n) is 10.6. The maximum absolute atomic E-state index is 13.1. The van der Waals surface area contributed by atoms with Gasteiger partial charge in [0.15, 0.2) is 0 Å². The maximum Gasteiger partial charge on any atom is 0.243 e. The molecule has 2 unspecified atom stereocenters. The Bertz CT molecular complexity index is 763. The fourth-order valence-corrected chi connectivity index (χ4v) is 7.20. The third-order valence-corrected chi connectivity index (χ3v) is 8.80. The van der Waals surface area contributed by atoms with Crippen molar-refractivity contribution in [1.82, 2.24) is 10.6 Å². The van der Waals surface area contributed by atoms with Crippen molar-refractivity contribution in [2.75, 3.05) is 0 Å². The van der Waals surface area contributed by atoms with Crippen molar-refractivity contribution in [3.05, 3.63) is 12.2 Å². The monoisotopic (exact) mass is 382 g/mol. The predicted octanol–water partition coefficient (Wildman–Crippen LogP) is 3.43. The minimum Gasteiger partial charge on any atom is -0.349 e. The van der Waals surface area contributed by atoms with E-state index in [1.54, 1.807) is 6.08 Å². The second kappa shape index (κ2) is 6.37. The minimum absolute atomic E-state index is 0.0456. The fraction of sp³-hybridized carbons (Fsp3) is 0.750. The zero-order chi connectivity index (χ0) is 20.3. The molecule has 0 saturated heterocycles. The Labute approximate surface area is 169 Å². The molecule has 2 N–H and O–H groups in total. The van der Waals surface area contributed by atoms with Gasteiger partial charge < -0.3 is 10.6 Å². The zero-order valence-corrected chi connectivity index (χ0v) is 17.7. The molecule has 0 spiro atoms. The molecule has 2 amide bonds. The summed E-state index contributed by atoms with van der Waals surface area (Å²) in [5, 5.41) is 6.31. The summed E-state index contributed by atoms with van der Waals surface area (Å²) in [6, 6.07) is 0.257. The molecule has 28 heavy (non-hydrogen) atoms. The van der Waals surface area contributed by atoms with Crippen LogP contribution in [0, 0.1) is 46.8 Å². The Morgan fingerprint density at radius 1 is 1.21 bits per heavy atom. The molecule has 0 aromatic heterocycles. The van der Waals surface area contributed by atoms with Crippen LogP contribution >= 0.6 is 0 Å². The van der Waals surface area contributed by atoms with E-state index in [-0.39, 0.29) is 34.6 Å². The van der Waals surface area contributed by atoms with Crippen LogP contribution in [0.15, 0.2) is 12.2 Å². The van der Waals surface area contributed by atoms with Crippen LogP contribution in [0.5, 0.6) is 0 Å². The van der Waals surface area contributed by atoms with Gasteiger partial charge in [0.05, 0.1) is 5.54 Å². The first-order chi connectivity index (χ1) is 13.1. The lowest BCUT2D eigenvalue weighted by atomic mass is 9.48. The van der Waals surface area contributed by atoms with E-state index >= 15 is 0 Å². The molecule has 4 rings (SSSR count). The lowest BCUT2D eigenvalue weighted by Crippen LogP contribution is -2.59. The summed E-state index contributed by atoms with van der Waals surface area (Å²) in [6.45, 7) is 8.47. The highest BCUT2D eigenvalue weighted by Gasteiger charge is 2.61. The van der Waals surface area contributed by atoms with E-state index in [1.807, 2.05) is 13.8 Å². The summed E-state index contributed by atoms with van der Waals surface area (Å²) in [5.41, 5.74) is -0.496. The van der Waals surface area contributed by atoms with E-state index in [1.165, 1.54) is 0 Å². The third kappa shape index (κ3) is 2.81. The van der Waals surface area contributed by atoms with Crippen molar-refractivity contribution in [3.8, 4) is 12.3 Å². The zero-order valence-electron chi connectivity index (χ0n) is 17.7. The summed E-state index contributed by atoms with van der Waals surface area (Å²) in [6.07, 6.45) is 16.0. The summed E-state index contributed by atoms with van der Waals surface area (Å²) in [5.74, 6) is 4.74. The number of terminal acetylenes is 1. The predicted molar refractivity (Wildman–Crippen MR) is 110 cm³/mol. The van der Waals surface area contributed by atoms with E-state index in [0.29, 0.717) is 17.8 Å². The molecule has 1 heterocycles. The minimum atomic E-state index is -0.598. The molecule has 0 radical (unpaired) electrons. The molecule has 4 heteroatoms. The molecule has 3 aliphatic carbocycles. The van der Waals surface area contributed by atoms with E-state index in [9.17, 15) is 9.59 Å². The first kappa shape index (κ1) is 19.6. The molecule has 152 valence electrons. The van der Waals surface area contributed by atoms with Crippen LogP contribution < -0.4 is 10.6 Å². The van der Waals surface area contributed by atoms with E-state index < -0.39 is 5.54 Å². The molecule has 4 nitrogen and oxygen atoms in total. The summed E-state index contributed by atoms with van der Waals surface area (Å²) in [7, 11) is 0. The largest absolute Gasteiger partial charge is 0.349 e. The van der Waals surface area contributed by atoms with Gasteiger partial charge in [0.1, 0.15) is 0 Å². The highest BCUT2D eigenvalue weighted by molar-refractivity contribution is 5.89. The van der Waals surface area contributed by atoms with Gasteiger partial charge in [-0.3, -0.25) is 9.59 Å². The smallest absolute Gasteiger partial charge is 0.243 e. The van der Waals surface area contributed by atoms with Crippen LogP contribution in [0.4, 0.5) is 0 Å². The van der Waals surface area contributed by atoms with Gasteiger partial charge in [-0.05, 0) is 81.6 Å². The van der Waals surface area contributed by atoms with Crippen molar-refractivity contribution >= 4 is 11.8 Å². The van der Waals surface area contributed by atoms with Crippen LogP contribution in [0.3, 0.4) is 0 Å². The first-order valence-electron chi connectivity index (χ1n) is 10.9. The molecule has 0 bridgehead atoms. The van der Waals surface area contributed by atoms with Crippen molar-refractivity contribution in [1.29, 1.82) is 0 Å². The summed E-state index contributed by atoms with van der Waals surface area (Å²) in [4.78, 5) is 25.0. The topological polar surface area (TPSA) is 58.2 Å². The van der Waals surface area contributed by atoms with Crippen molar-refractivity contribution < 1.29 is 9.59 Å². The normalized spacial score (nSPS) is 44.5. The van der Waals surface area contributed by atoms with Gasteiger partial charge >= 0.3 is 0 Å². The van der Waals surface area contributed by atoms with E-state index in [0.717, 1.165) is 38.5 Å². The third-order valence-electron chi connectivity index (χ3n) is 8.80. The van der Waals surface area contributed by atoms with Gasteiger partial charge in [0.2, 0.25) is 11.8 Å². The van der Waals surface area contributed by atoms with Crippen LogP contribution in [0.25, 0.3) is 0 Å². The Hall–Kier alpha value is -1.76. The lowest BCUT2D eigenvalue weighted by molar-refractivity contribution is -0.135.